The van der Waals surface area contributed by atoms with Crippen LogP contribution in [0.3, 0.4) is 0 Å². The van der Waals surface area contributed by atoms with Crippen molar-refractivity contribution in [3.05, 3.63) is 115 Å². The van der Waals surface area contributed by atoms with Crippen LogP contribution >= 0.6 is 11.8 Å². The lowest BCUT2D eigenvalue weighted by Gasteiger charge is -2.35. The molecule has 2 heteroatoms. The van der Waals surface area contributed by atoms with Crippen molar-refractivity contribution in [3.8, 4) is 0 Å². The van der Waals surface area contributed by atoms with Gasteiger partial charge in [0.1, 0.15) is 5.60 Å². The summed E-state index contributed by atoms with van der Waals surface area (Å²) in [6.07, 6.45) is 1.83. The smallest absolute Gasteiger partial charge is 0.130 e. The Morgan fingerprint density at radius 2 is 1.17 bits per heavy atom. The summed E-state index contributed by atoms with van der Waals surface area (Å²) in [4.78, 5) is 1.10. The van der Waals surface area contributed by atoms with E-state index >= 15 is 0 Å². The fraction of sp³-hybridized carbons (Fsp3) is 0.0909. The molecule has 0 aliphatic rings. The molecule has 3 rings (SSSR count). The molecular formula is C22H20OS. The highest BCUT2D eigenvalue weighted by Crippen LogP contribution is 2.42. The first-order valence-corrected chi connectivity index (χ1v) is 8.81. The molecule has 1 N–H and O–H groups in total. The summed E-state index contributed by atoms with van der Waals surface area (Å²) >= 11 is 1.62. The van der Waals surface area contributed by atoms with Gasteiger partial charge >= 0.3 is 0 Å². The SMILES string of the molecule is C=CC(Sc1ccccc1)C(O)(c1ccccc1)c1ccccc1. The quantitative estimate of drug-likeness (QED) is 0.490. The number of hydrogen-bond acceptors (Lipinski definition) is 2. The molecule has 0 aromatic heterocycles. The molecule has 1 atom stereocenters. The van der Waals surface area contributed by atoms with Crippen LogP contribution < -0.4 is 0 Å². The van der Waals surface area contributed by atoms with Crippen molar-refractivity contribution in [2.75, 3.05) is 0 Å². The molecule has 1 nitrogen and oxygen atoms in total. The standard InChI is InChI=1S/C22H20OS/c1-2-21(24-20-16-10-5-11-17-20)22(23,18-12-6-3-7-13-18)19-14-8-4-9-15-19/h2-17,21,23H,1H2. The Kier molecular flexibility index (Phi) is 5.19. The molecule has 0 saturated carbocycles. The summed E-state index contributed by atoms with van der Waals surface area (Å²) < 4.78 is 0. The minimum absolute atomic E-state index is 0.218. The summed E-state index contributed by atoms with van der Waals surface area (Å²) in [5.74, 6) is 0. The van der Waals surface area contributed by atoms with Crippen LogP contribution in [-0.2, 0) is 5.60 Å². The van der Waals surface area contributed by atoms with E-state index in [4.69, 9.17) is 0 Å². The largest absolute Gasteiger partial charge is 0.379 e. The van der Waals surface area contributed by atoms with Crippen LogP contribution in [0.25, 0.3) is 0 Å². The molecular weight excluding hydrogens is 312 g/mol. The Balaban J connectivity index is 2.08. The zero-order valence-corrected chi connectivity index (χ0v) is 14.2. The van der Waals surface area contributed by atoms with E-state index in [2.05, 4.69) is 18.7 Å². The average molecular weight is 332 g/mol. The third-order valence-corrected chi connectivity index (χ3v) is 5.39. The first kappa shape index (κ1) is 16.6. The van der Waals surface area contributed by atoms with E-state index in [0.717, 1.165) is 16.0 Å². The van der Waals surface area contributed by atoms with Gasteiger partial charge in [-0.3, -0.25) is 0 Å². The second-order valence-electron chi connectivity index (χ2n) is 5.59. The van der Waals surface area contributed by atoms with Crippen LogP contribution in [0.5, 0.6) is 0 Å². The van der Waals surface area contributed by atoms with Gasteiger partial charge < -0.3 is 5.11 Å². The van der Waals surface area contributed by atoms with Gasteiger partial charge in [0.05, 0.1) is 5.25 Å². The van der Waals surface area contributed by atoms with Crippen molar-refractivity contribution in [2.24, 2.45) is 0 Å². The summed E-state index contributed by atoms with van der Waals surface area (Å²) in [6.45, 7) is 3.99. The second kappa shape index (κ2) is 7.52. The van der Waals surface area contributed by atoms with Crippen molar-refractivity contribution in [1.82, 2.24) is 0 Å². The molecule has 0 aliphatic carbocycles. The number of rotatable bonds is 6. The molecule has 0 heterocycles. The minimum atomic E-state index is -1.15. The fourth-order valence-corrected chi connectivity index (χ4v) is 3.98. The molecule has 1 unspecified atom stereocenters. The number of aliphatic hydroxyl groups is 1. The van der Waals surface area contributed by atoms with E-state index in [0.29, 0.717) is 0 Å². The average Bonchev–Trinajstić information content (AvgIpc) is 2.67. The van der Waals surface area contributed by atoms with E-state index in [-0.39, 0.29) is 5.25 Å². The zero-order valence-electron chi connectivity index (χ0n) is 13.4. The molecule has 0 aliphatic heterocycles. The molecule has 0 bridgehead atoms. The predicted molar refractivity (Wildman–Crippen MR) is 102 cm³/mol. The third-order valence-electron chi connectivity index (χ3n) is 4.06. The van der Waals surface area contributed by atoms with Gasteiger partial charge in [-0.05, 0) is 23.3 Å². The summed E-state index contributed by atoms with van der Waals surface area (Å²) in [7, 11) is 0. The molecule has 3 aromatic carbocycles. The highest BCUT2D eigenvalue weighted by molar-refractivity contribution is 8.00. The third kappa shape index (κ3) is 3.30. The van der Waals surface area contributed by atoms with Crippen LogP contribution in [-0.4, -0.2) is 10.4 Å². The van der Waals surface area contributed by atoms with Crippen molar-refractivity contribution in [1.29, 1.82) is 0 Å². The highest BCUT2D eigenvalue weighted by atomic mass is 32.2. The van der Waals surface area contributed by atoms with Crippen LogP contribution in [0, 0.1) is 0 Å². The normalized spacial score (nSPS) is 12.5. The fourth-order valence-electron chi connectivity index (χ4n) is 2.83. The van der Waals surface area contributed by atoms with Gasteiger partial charge in [-0.15, -0.1) is 18.3 Å². The summed E-state index contributed by atoms with van der Waals surface area (Å²) in [6, 6.07) is 29.7. The Bertz CT molecular complexity index is 729. The van der Waals surface area contributed by atoms with E-state index < -0.39 is 5.60 Å². The summed E-state index contributed by atoms with van der Waals surface area (Å²) in [5.41, 5.74) is 0.583. The lowest BCUT2D eigenvalue weighted by molar-refractivity contribution is 0.0897. The van der Waals surface area contributed by atoms with Gasteiger partial charge in [-0.1, -0.05) is 84.9 Å². The monoisotopic (exact) mass is 332 g/mol. The van der Waals surface area contributed by atoms with Crippen LogP contribution in [0.2, 0.25) is 0 Å². The Morgan fingerprint density at radius 1 is 0.750 bits per heavy atom. The Hall–Kier alpha value is -2.29. The second-order valence-corrected chi connectivity index (χ2v) is 6.80. The van der Waals surface area contributed by atoms with Crippen LogP contribution in [0.15, 0.2) is 109 Å². The Morgan fingerprint density at radius 3 is 1.58 bits per heavy atom. The first-order chi connectivity index (χ1) is 11.7. The highest BCUT2D eigenvalue weighted by Gasteiger charge is 2.39. The van der Waals surface area contributed by atoms with Gasteiger partial charge in [-0.2, -0.15) is 0 Å². The lowest BCUT2D eigenvalue weighted by atomic mass is 9.83. The first-order valence-electron chi connectivity index (χ1n) is 7.93. The van der Waals surface area contributed by atoms with Crippen molar-refractivity contribution in [3.63, 3.8) is 0 Å². The Labute approximate surface area is 147 Å². The molecule has 0 saturated heterocycles. The van der Waals surface area contributed by atoms with E-state index in [1.165, 1.54) is 0 Å². The van der Waals surface area contributed by atoms with Gasteiger partial charge in [-0.25, -0.2) is 0 Å². The lowest BCUT2D eigenvalue weighted by Crippen LogP contribution is -2.37. The number of benzene rings is 3. The van der Waals surface area contributed by atoms with Crippen molar-refractivity contribution < 1.29 is 5.11 Å². The maximum Gasteiger partial charge on any atom is 0.130 e. The zero-order chi connectivity index (χ0) is 16.8. The van der Waals surface area contributed by atoms with Gasteiger partial charge in [0.2, 0.25) is 0 Å². The van der Waals surface area contributed by atoms with E-state index in [9.17, 15) is 5.11 Å². The molecule has 0 spiro atoms. The topological polar surface area (TPSA) is 20.2 Å². The summed E-state index contributed by atoms with van der Waals surface area (Å²) in [5, 5.41) is 11.6. The van der Waals surface area contributed by atoms with Gasteiger partial charge in [0.25, 0.3) is 0 Å². The minimum Gasteiger partial charge on any atom is -0.379 e. The van der Waals surface area contributed by atoms with Crippen molar-refractivity contribution >= 4 is 11.8 Å². The maximum absolute atomic E-state index is 11.8. The molecule has 120 valence electrons. The van der Waals surface area contributed by atoms with Gasteiger partial charge in [0, 0.05) is 4.90 Å². The number of hydrogen-bond donors (Lipinski definition) is 1. The van der Waals surface area contributed by atoms with Crippen LogP contribution in [0.1, 0.15) is 11.1 Å². The number of thioether (sulfide) groups is 1. The molecule has 24 heavy (non-hydrogen) atoms. The predicted octanol–water partition coefficient (Wildman–Crippen LogP) is 5.27. The van der Waals surface area contributed by atoms with Crippen molar-refractivity contribution in [2.45, 2.75) is 15.7 Å². The van der Waals surface area contributed by atoms with Crippen LogP contribution in [0.4, 0.5) is 0 Å². The molecule has 3 aromatic rings. The maximum atomic E-state index is 11.8. The van der Waals surface area contributed by atoms with Gasteiger partial charge in [0.15, 0.2) is 0 Å². The molecule has 0 fully saturated rings. The molecule has 0 amide bonds. The molecule has 0 radical (unpaired) electrons. The van der Waals surface area contributed by atoms with E-state index in [1.54, 1.807) is 11.8 Å². The van der Waals surface area contributed by atoms with E-state index in [1.807, 2.05) is 84.9 Å².